The zero-order valence-electron chi connectivity index (χ0n) is 22.2. The molecule has 0 fully saturated rings. The van der Waals surface area contributed by atoms with Gasteiger partial charge in [0.05, 0.1) is 30.1 Å². The molecule has 2 N–H and O–H groups in total. The lowest BCUT2D eigenvalue weighted by Crippen LogP contribution is -2.21. The summed E-state index contributed by atoms with van der Waals surface area (Å²) in [5.74, 6) is 1.90. The van der Waals surface area contributed by atoms with E-state index in [2.05, 4.69) is 41.6 Å². The third-order valence-corrected chi connectivity index (χ3v) is 6.31. The Kier molecular flexibility index (Phi) is 11.8. The van der Waals surface area contributed by atoms with Gasteiger partial charge in [0.15, 0.2) is 11.5 Å². The molecule has 0 saturated heterocycles. The minimum Gasteiger partial charge on any atom is -0.480 e. The zero-order chi connectivity index (χ0) is 27.6. The van der Waals surface area contributed by atoms with E-state index >= 15 is 0 Å². The van der Waals surface area contributed by atoms with Crippen LogP contribution < -0.4 is 4.72 Å². The summed E-state index contributed by atoms with van der Waals surface area (Å²) in [5, 5.41) is 19.2. The van der Waals surface area contributed by atoms with Crippen LogP contribution in [0.2, 0.25) is 5.02 Å². The number of hydrogen-bond donors (Lipinski definition) is 2. The molecular formula is C23H35ClN8O4S. The van der Waals surface area contributed by atoms with Gasteiger partial charge in [-0.3, -0.25) is 14.3 Å². The standard InChI is InChI=1S/C23H35ClN8O4S/c1-14(18(34-6)19-27-12-15(24)13-28-19)37-31-22-30-29-16(10-9-11-23(2,3)33)32(22)17(20(25-4)35-7)21(26-5)36-8/h12-14,18,33H,4,9-11H2,1-3,5-8H3,(H,30,31)/b20-17-,26-21?. The van der Waals surface area contributed by atoms with E-state index in [-0.39, 0.29) is 17.0 Å². The third kappa shape index (κ3) is 8.38. The molecule has 2 aromatic heterocycles. The fraction of sp³-hybridized carbons (Fsp3) is 0.565. The van der Waals surface area contributed by atoms with Gasteiger partial charge >= 0.3 is 0 Å². The van der Waals surface area contributed by atoms with Crippen molar-refractivity contribution in [1.82, 2.24) is 24.7 Å². The molecule has 0 aliphatic carbocycles. The summed E-state index contributed by atoms with van der Waals surface area (Å²) in [5.41, 5.74) is -0.427. The van der Waals surface area contributed by atoms with Crippen molar-refractivity contribution >= 4 is 47.8 Å². The van der Waals surface area contributed by atoms with Gasteiger partial charge in [-0.15, -0.1) is 10.2 Å². The first-order chi connectivity index (χ1) is 17.6. The fourth-order valence-electron chi connectivity index (χ4n) is 3.46. The van der Waals surface area contributed by atoms with Crippen molar-refractivity contribution in [3.63, 3.8) is 0 Å². The van der Waals surface area contributed by atoms with E-state index in [9.17, 15) is 5.11 Å². The predicted molar refractivity (Wildman–Crippen MR) is 147 cm³/mol. The molecule has 0 spiro atoms. The normalized spacial score (nSPS) is 14.6. The predicted octanol–water partition coefficient (Wildman–Crippen LogP) is 3.80. The summed E-state index contributed by atoms with van der Waals surface area (Å²) in [6.45, 7) is 9.12. The highest BCUT2D eigenvalue weighted by molar-refractivity contribution is 8.01. The molecule has 204 valence electrons. The van der Waals surface area contributed by atoms with Crippen LogP contribution in [0.4, 0.5) is 5.95 Å². The average Bonchev–Trinajstić information content (AvgIpc) is 3.25. The number of nitrogens with one attached hydrogen (secondary N) is 1. The minimum atomic E-state index is -0.808. The molecule has 37 heavy (non-hydrogen) atoms. The van der Waals surface area contributed by atoms with E-state index in [1.54, 1.807) is 32.6 Å². The number of nitrogens with zero attached hydrogens (tertiary/aromatic N) is 7. The molecule has 2 rings (SSSR count). The molecule has 0 amide bonds. The Hall–Kier alpha value is -2.74. The van der Waals surface area contributed by atoms with Crippen LogP contribution in [-0.4, -0.2) is 81.7 Å². The van der Waals surface area contributed by atoms with Gasteiger partial charge in [0, 0.05) is 33.0 Å². The Labute approximate surface area is 226 Å². The number of halogens is 1. The molecule has 0 aliphatic rings. The Morgan fingerprint density at radius 1 is 1.24 bits per heavy atom. The van der Waals surface area contributed by atoms with Crippen LogP contribution in [0.25, 0.3) is 5.70 Å². The maximum Gasteiger partial charge on any atom is 0.243 e. The van der Waals surface area contributed by atoms with E-state index < -0.39 is 11.7 Å². The molecule has 0 aromatic carbocycles. The summed E-state index contributed by atoms with van der Waals surface area (Å²) in [4.78, 5) is 16.8. The van der Waals surface area contributed by atoms with E-state index in [1.165, 1.54) is 38.6 Å². The topological polar surface area (TPSA) is 141 Å². The van der Waals surface area contributed by atoms with Crippen molar-refractivity contribution in [1.29, 1.82) is 0 Å². The molecule has 2 heterocycles. The fourth-order valence-corrected chi connectivity index (χ4v) is 4.33. The second-order valence-corrected chi connectivity index (χ2v) is 10.2. The Bertz CT molecular complexity index is 1090. The van der Waals surface area contributed by atoms with Gasteiger partial charge in [0.1, 0.15) is 11.9 Å². The monoisotopic (exact) mass is 554 g/mol. The number of hydrogen-bond acceptors (Lipinski definition) is 12. The Morgan fingerprint density at radius 2 is 1.92 bits per heavy atom. The van der Waals surface area contributed by atoms with Crippen LogP contribution in [0.5, 0.6) is 0 Å². The van der Waals surface area contributed by atoms with Crippen LogP contribution in [0, 0.1) is 0 Å². The molecular weight excluding hydrogens is 520 g/mol. The number of aliphatic hydroxyl groups is 1. The van der Waals surface area contributed by atoms with Crippen LogP contribution in [0.3, 0.4) is 0 Å². The van der Waals surface area contributed by atoms with Crippen molar-refractivity contribution in [3.05, 3.63) is 34.9 Å². The highest BCUT2D eigenvalue weighted by Gasteiger charge is 2.27. The summed E-state index contributed by atoms with van der Waals surface area (Å²) < 4.78 is 21.6. The molecule has 14 heteroatoms. The number of aryl methyl sites for hydroxylation is 1. The van der Waals surface area contributed by atoms with Gasteiger partial charge in [-0.1, -0.05) is 11.6 Å². The number of aromatic nitrogens is 5. The van der Waals surface area contributed by atoms with Crippen molar-refractivity contribution in [2.45, 2.75) is 57.0 Å². The molecule has 0 aliphatic heterocycles. The second kappa shape index (κ2) is 14.3. The van der Waals surface area contributed by atoms with Crippen LogP contribution in [0.1, 0.15) is 51.4 Å². The summed E-state index contributed by atoms with van der Waals surface area (Å²) >= 11 is 7.27. The van der Waals surface area contributed by atoms with E-state index in [1.807, 2.05) is 6.92 Å². The lowest BCUT2D eigenvalue weighted by Gasteiger charge is -2.22. The van der Waals surface area contributed by atoms with Crippen LogP contribution in [-0.2, 0) is 20.6 Å². The van der Waals surface area contributed by atoms with Gasteiger partial charge in [-0.05, 0) is 52.3 Å². The van der Waals surface area contributed by atoms with Crippen molar-refractivity contribution in [3.8, 4) is 0 Å². The lowest BCUT2D eigenvalue weighted by atomic mass is 10.0. The van der Waals surface area contributed by atoms with Gasteiger partial charge in [0.25, 0.3) is 0 Å². The summed E-state index contributed by atoms with van der Waals surface area (Å²) in [7, 11) is 6.15. The number of methoxy groups -OCH3 is 3. The first kappa shape index (κ1) is 30.5. The minimum absolute atomic E-state index is 0.149. The first-order valence-corrected chi connectivity index (χ1v) is 12.7. The van der Waals surface area contributed by atoms with Crippen molar-refractivity contribution in [2.75, 3.05) is 33.1 Å². The lowest BCUT2D eigenvalue weighted by molar-refractivity contribution is 0.0687. The molecule has 12 nitrogen and oxygen atoms in total. The SMILES string of the molecule is C=N/C(OC)=C(\C(=NC)OC)n1c(CCCC(C)(C)O)nnc1NSC(C)C(OC)c1ncc(Cl)cn1. The number of anilines is 1. The molecule has 0 radical (unpaired) electrons. The number of aliphatic imine (C=N–C) groups is 2. The van der Waals surface area contributed by atoms with E-state index in [4.69, 9.17) is 25.8 Å². The van der Waals surface area contributed by atoms with Crippen LogP contribution in [0.15, 0.2) is 28.3 Å². The van der Waals surface area contributed by atoms with Crippen LogP contribution >= 0.6 is 23.5 Å². The second-order valence-electron chi connectivity index (χ2n) is 8.53. The maximum absolute atomic E-state index is 10.2. The largest absolute Gasteiger partial charge is 0.480 e. The average molecular weight is 555 g/mol. The molecule has 0 bridgehead atoms. The number of rotatable bonds is 14. The zero-order valence-corrected chi connectivity index (χ0v) is 23.8. The molecule has 2 atom stereocenters. The smallest absolute Gasteiger partial charge is 0.243 e. The quantitative estimate of drug-likeness (QED) is 0.153. The summed E-state index contributed by atoms with van der Waals surface area (Å²) in [6, 6.07) is 0. The highest BCUT2D eigenvalue weighted by atomic mass is 35.5. The number of ether oxygens (including phenoxy) is 3. The first-order valence-electron chi connectivity index (χ1n) is 11.4. The molecule has 0 saturated carbocycles. The van der Waals surface area contributed by atoms with Crippen molar-refractivity contribution in [2.24, 2.45) is 9.98 Å². The van der Waals surface area contributed by atoms with Gasteiger partial charge < -0.3 is 19.3 Å². The Balaban J connectivity index is 2.45. The highest BCUT2D eigenvalue weighted by Crippen LogP contribution is 2.30. The maximum atomic E-state index is 10.2. The Morgan fingerprint density at radius 3 is 2.43 bits per heavy atom. The molecule has 2 unspecified atom stereocenters. The molecule has 2 aromatic rings. The van der Waals surface area contributed by atoms with Gasteiger partial charge in [-0.2, -0.15) is 0 Å². The van der Waals surface area contributed by atoms with E-state index in [0.717, 1.165) is 0 Å². The van der Waals surface area contributed by atoms with Gasteiger partial charge in [0.2, 0.25) is 17.7 Å². The van der Waals surface area contributed by atoms with Gasteiger partial charge in [-0.25, -0.2) is 15.0 Å². The van der Waals surface area contributed by atoms with Crippen molar-refractivity contribution < 1.29 is 19.3 Å². The summed E-state index contributed by atoms with van der Waals surface area (Å²) in [6.07, 6.45) is 4.37. The third-order valence-electron chi connectivity index (χ3n) is 5.19. The van der Waals surface area contributed by atoms with E-state index in [0.29, 0.717) is 47.6 Å².